The highest BCUT2D eigenvalue weighted by Gasteiger charge is 2.35. The largest absolute Gasteiger partial charge is 0.313 e. The van der Waals surface area contributed by atoms with E-state index in [2.05, 4.69) is 29.0 Å². The summed E-state index contributed by atoms with van der Waals surface area (Å²) >= 11 is 0. The fraction of sp³-hybridized carbons (Fsp3) is 1.00. The van der Waals surface area contributed by atoms with E-state index >= 15 is 0 Å². The summed E-state index contributed by atoms with van der Waals surface area (Å²) in [6, 6.07) is 1.49. The minimum Gasteiger partial charge on any atom is -0.313 e. The first-order valence-electron chi connectivity index (χ1n) is 7.55. The summed E-state index contributed by atoms with van der Waals surface area (Å²) in [5.74, 6) is 0. The molecule has 0 aromatic heterocycles. The number of nitrogens with zero attached hydrogens (tertiary/aromatic N) is 2. The monoisotopic (exact) mass is 239 g/mol. The fourth-order valence-corrected chi connectivity index (χ4v) is 3.35. The fourth-order valence-electron chi connectivity index (χ4n) is 3.35. The lowest BCUT2D eigenvalue weighted by atomic mass is 9.95. The van der Waals surface area contributed by atoms with Crippen molar-refractivity contribution in [1.82, 2.24) is 15.1 Å². The molecule has 3 fully saturated rings. The molecule has 17 heavy (non-hydrogen) atoms. The van der Waals surface area contributed by atoms with Crippen molar-refractivity contribution in [2.75, 3.05) is 39.3 Å². The lowest BCUT2D eigenvalue weighted by Gasteiger charge is -2.50. The molecule has 2 unspecified atom stereocenters. The van der Waals surface area contributed by atoms with Crippen LogP contribution in [-0.2, 0) is 0 Å². The summed E-state index contributed by atoms with van der Waals surface area (Å²) < 4.78 is 0. The average molecular weight is 239 g/mol. The first kappa shape index (κ1) is 13.3. The first-order chi connectivity index (χ1) is 8.35. The summed E-state index contributed by atoms with van der Waals surface area (Å²) in [5, 5.41) is 3.73. The average Bonchev–Trinajstić information content (AvgIpc) is 2.39. The van der Waals surface area contributed by atoms with Gasteiger partial charge in [0.05, 0.1) is 0 Å². The van der Waals surface area contributed by atoms with Gasteiger partial charge in [0.15, 0.2) is 0 Å². The Labute approximate surface area is 107 Å². The number of likely N-dealkylation sites (N-methyl/N-ethyl adjacent to an activating group) is 1. The van der Waals surface area contributed by atoms with E-state index in [1.165, 1.54) is 58.4 Å². The van der Waals surface area contributed by atoms with E-state index in [-0.39, 0.29) is 0 Å². The second-order valence-corrected chi connectivity index (χ2v) is 5.56. The summed E-state index contributed by atoms with van der Waals surface area (Å²) in [7, 11) is 0. The van der Waals surface area contributed by atoms with Crippen LogP contribution in [0.15, 0.2) is 0 Å². The summed E-state index contributed by atoms with van der Waals surface area (Å²) in [5.41, 5.74) is 0. The summed E-state index contributed by atoms with van der Waals surface area (Å²) in [4.78, 5) is 5.37. The van der Waals surface area contributed by atoms with Crippen LogP contribution in [0.3, 0.4) is 0 Å². The van der Waals surface area contributed by atoms with E-state index in [0.29, 0.717) is 0 Å². The molecule has 3 aliphatic rings. The Kier molecular flexibility index (Phi) is 5.26. The quantitative estimate of drug-likeness (QED) is 0.680. The number of fused-ring (bicyclic) bond motifs is 3. The molecule has 0 aromatic rings. The molecule has 0 spiro atoms. The molecule has 0 aliphatic carbocycles. The maximum absolute atomic E-state index is 3.73. The third-order valence-electron chi connectivity index (χ3n) is 4.37. The van der Waals surface area contributed by atoms with Gasteiger partial charge in [-0.15, -0.1) is 0 Å². The minimum atomic E-state index is 0.717. The van der Waals surface area contributed by atoms with Crippen LogP contribution >= 0.6 is 0 Å². The van der Waals surface area contributed by atoms with Gasteiger partial charge in [0.25, 0.3) is 0 Å². The van der Waals surface area contributed by atoms with Gasteiger partial charge < -0.3 is 5.32 Å². The lowest BCUT2D eigenvalue weighted by molar-refractivity contribution is -0.00456. The molecule has 3 saturated heterocycles. The highest BCUT2D eigenvalue weighted by molar-refractivity contribution is 4.94. The molecule has 2 atom stereocenters. The third-order valence-corrected chi connectivity index (χ3v) is 4.37. The Bertz CT molecular complexity index is 212. The predicted molar refractivity (Wildman–Crippen MR) is 73.4 cm³/mol. The van der Waals surface area contributed by atoms with Crippen LogP contribution in [0.5, 0.6) is 0 Å². The Morgan fingerprint density at radius 3 is 2.41 bits per heavy atom. The van der Waals surface area contributed by atoms with Crippen LogP contribution < -0.4 is 5.32 Å². The van der Waals surface area contributed by atoms with E-state index < -0.39 is 0 Å². The van der Waals surface area contributed by atoms with E-state index in [4.69, 9.17) is 0 Å². The van der Waals surface area contributed by atoms with Crippen LogP contribution in [0, 0.1) is 0 Å². The standard InChI is InChI=1S/C14H29N3/c1-3-5-6-7-13(15-4-2)14-12-16-8-10-17(14)11-9-16/h13-15H,3-12H2,1-2H3. The molecule has 3 rings (SSSR count). The Hall–Kier alpha value is -0.120. The molecule has 0 aromatic carbocycles. The van der Waals surface area contributed by atoms with Crippen molar-refractivity contribution >= 4 is 0 Å². The molecule has 3 aliphatic heterocycles. The van der Waals surface area contributed by atoms with Crippen LogP contribution in [-0.4, -0.2) is 61.2 Å². The Morgan fingerprint density at radius 2 is 1.88 bits per heavy atom. The van der Waals surface area contributed by atoms with Crippen molar-refractivity contribution in [1.29, 1.82) is 0 Å². The predicted octanol–water partition coefficient (Wildman–Crippen LogP) is 1.54. The molecular formula is C14H29N3. The molecule has 2 bridgehead atoms. The van der Waals surface area contributed by atoms with Gasteiger partial charge in [-0.25, -0.2) is 0 Å². The van der Waals surface area contributed by atoms with Crippen molar-refractivity contribution in [2.45, 2.75) is 51.6 Å². The van der Waals surface area contributed by atoms with Gasteiger partial charge in [-0.3, -0.25) is 9.80 Å². The molecule has 0 amide bonds. The lowest BCUT2D eigenvalue weighted by Crippen LogP contribution is -2.66. The van der Waals surface area contributed by atoms with Gasteiger partial charge in [0.1, 0.15) is 0 Å². The van der Waals surface area contributed by atoms with Gasteiger partial charge in [-0.1, -0.05) is 33.1 Å². The zero-order valence-corrected chi connectivity index (χ0v) is 11.6. The second kappa shape index (κ2) is 6.72. The molecule has 0 saturated carbocycles. The Morgan fingerprint density at radius 1 is 1.12 bits per heavy atom. The molecule has 1 N–H and O–H groups in total. The van der Waals surface area contributed by atoms with Crippen molar-refractivity contribution in [3.05, 3.63) is 0 Å². The van der Waals surface area contributed by atoms with E-state index in [0.717, 1.165) is 18.6 Å². The first-order valence-corrected chi connectivity index (χ1v) is 7.55. The van der Waals surface area contributed by atoms with Gasteiger partial charge in [0, 0.05) is 44.8 Å². The van der Waals surface area contributed by atoms with Gasteiger partial charge in [-0.05, 0) is 13.0 Å². The smallest absolute Gasteiger partial charge is 0.0377 e. The zero-order valence-electron chi connectivity index (χ0n) is 11.6. The van der Waals surface area contributed by atoms with Crippen molar-refractivity contribution in [2.24, 2.45) is 0 Å². The van der Waals surface area contributed by atoms with Gasteiger partial charge >= 0.3 is 0 Å². The van der Waals surface area contributed by atoms with Crippen LogP contribution in [0.4, 0.5) is 0 Å². The van der Waals surface area contributed by atoms with E-state index in [1.54, 1.807) is 0 Å². The third kappa shape index (κ3) is 3.43. The number of hydrogen-bond donors (Lipinski definition) is 1. The molecular weight excluding hydrogens is 210 g/mol. The molecule has 3 heterocycles. The summed E-state index contributed by atoms with van der Waals surface area (Å²) in [6.45, 7) is 12.1. The summed E-state index contributed by atoms with van der Waals surface area (Å²) in [6.07, 6.45) is 5.47. The number of rotatable bonds is 7. The van der Waals surface area contributed by atoms with Crippen molar-refractivity contribution < 1.29 is 0 Å². The van der Waals surface area contributed by atoms with E-state index in [1.807, 2.05) is 0 Å². The van der Waals surface area contributed by atoms with Crippen molar-refractivity contribution in [3.8, 4) is 0 Å². The second-order valence-electron chi connectivity index (χ2n) is 5.56. The van der Waals surface area contributed by atoms with Crippen LogP contribution in [0.2, 0.25) is 0 Å². The molecule has 3 heteroatoms. The topological polar surface area (TPSA) is 18.5 Å². The SMILES string of the molecule is CCCCCC(NCC)C1CN2CCN1CC2. The van der Waals surface area contributed by atoms with Crippen LogP contribution in [0.25, 0.3) is 0 Å². The zero-order chi connectivity index (χ0) is 12.1. The molecule has 3 nitrogen and oxygen atoms in total. The molecule has 0 radical (unpaired) electrons. The number of unbranched alkanes of at least 4 members (excludes halogenated alkanes) is 2. The number of nitrogens with one attached hydrogen (secondary N) is 1. The maximum Gasteiger partial charge on any atom is 0.0377 e. The van der Waals surface area contributed by atoms with Crippen molar-refractivity contribution in [3.63, 3.8) is 0 Å². The normalized spacial score (nSPS) is 33.9. The van der Waals surface area contributed by atoms with Crippen LogP contribution in [0.1, 0.15) is 39.5 Å². The van der Waals surface area contributed by atoms with Gasteiger partial charge in [-0.2, -0.15) is 0 Å². The number of piperazine rings is 3. The minimum absolute atomic E-state index is 0.717. The van der Waals surface area contributed by atoms with Gasteiger partial charge in [0.2, 0.25) is 0 Å². The van der Waals surface area contributed by atoms with E-state index in [9.17, 15) is 0 Å². The number of hydrogen-bond acceptors (Lipinski definition) is 3. The highest BCUT2D eigenvalue weighted by Crippen LogP contribution is 2.21. The molecule has 100 valence electrons. The Balaban J connectivity index is 1.86. The highest BCUT2D eigenvalue weighted by atomic mass is 15.4. The maximum atomic E-state index is 3.73.